The number of allylic oxidation sites excluding steroid dienone is 2. The monoisotopic (exact) mass is 430 g/mol. The van der Waals surface area contributed by atoms with Crippen LogP contribution < -0.4 is 34.7 Å². The van der Waals surface area contributed by atoms with Gasteiger partial charge in [0.2, 0.25) is 0 Å². The Bertz CT molecular complexity index is 464. The van der Waals surface area contributed by atoms with E-state index in [1.165, 1.54) is 70.6 Å². The van der Waals surface area contributed by atoms with E-state index in [4.69, 9.17) is 4.74 Å². The SMILES string of the molecule is CCCCC/C=C/CCCCCCCCCCOC(=O)C1CCCCC1C(=O)[O-].[Na+]. The predicted octanol–water partition coefficient (Wildman–Crippen LogP) is 2.74. The minimum Gasteiger partial charge on any atom is -0.550 e. The molecule has 0 amide bonds. The topological polar surface area (TPSA) is 66.4 Å². The summed E-state index contributed by atoms with van der Waals surface area (Å²) in [6.07, 6.45) is 23.6. The van der Waals surface area contributed by atoms with Gasteiger partial charge in [0.1, 0.15) is 0 Å². The molecule has 0 aromatic rings. The van der Waals surface area contributed by atoms with Crippen molar-refractivity contribution in [1.82, 2.24) is 0 Å². The van der Waals surface area contributed by atoms with Crippen molar-refractivity contribution in [3.63, 3.8) is 0 Å². The summed E-state index contributed by atoms with van der Waals surface area (Å²) in [6, 6.07) is 0. The van der Waals surface area contributed by atoms with Crippen LogP contribution in [-0.2, 0) is 14.3 Å². The molecule has 168 valence electrons. The van der Waals surface area contributed by atoms with Gasteiger partial charge in [-0.3, -0.25) is 4.79 Å². The molecule has 1 rings (SSSR count). The average molecular weight is 431 g/mol. The van der Waals surface area contributed by atoms with Gasteiger partial charge in [-0.2, -0.15) is 0 Å². The zero-order valence-corrected chi connectivity index (χ0v) is 21.7. The van der Waals surface area contributed by atoms with Crippen LogP contribution in [0.5, 0.6) is 0 Å². The van der Waals surface area contributed by atoms with Crippen molar-refractivity contribution in [2.75, 3.05) is 6.61 Å². The molecule has 1 saturated carbocycles. The standard InChI is InChI=1S/C25H44O4.Na/c1-2-3-4-5-6-7-8-9-10-11-12-13-14-15-18-21-29-25(28)23-20-17-16-19-22(23)24(26)27;/h6-7,22-23H,2-5,8-21H2,1H3,(H,26,27);/q;+1/p-1/b7-6+;. The van der Waals surface area contributed by atoms with Crippen LogP contribution in [0.2, 0.25) is 0 Å². The van der Waals surface area contributed by atoms with Crippen molar-refractivity contribution >= 4 is 11.9 Å². The quantitative estimate of drug-likeness (QED) is 0.154. The maximum atomic E-state index is 12.1. The Labute approximate surface area is 206 Å². The normalized spacial score (nSPS) is 18.8. The summed E-state index contributed by atoms with van der Waals surface area (Å²) in [4.78, 5) is 23.3. The summed E-state index contributed by atoms with van der Waals surface area (Å²) in [5.74, 6) is -2.60. The number of esters is 1. The third-order valence-corrected chi connectivity index (χ3v) is 6.02. The second-order valence-corrected chi connectivity index (χ2v) is 8.57. The Kier molecular flexibility index (Phi) is 20.4. The molecule has 0 heterocycles. The number of carbonyl (C=O) groups excluding carboxylic acids is 2. The summed E-state index contributed by atoms with van der Waals surface area (Å²) in [7, 11) is 0. The molecule has 0 radical (unpaired) electrons. The molecule has 0 aromatic heterocycles. The first-order valence-electron chi connectivity index (χ1n) is 12.2. The summed E-state index contributed by atoms with van der Waals surface area (Å²) in [6.45, 7) is 2.66. The molecule has 0 aromatic carbocycles. The third-order valence-electron chi connectivity index (χ3n) is 6.02. The van der Waals surface area contributed by atoms with Crippen molar-refractivity contribution in [1.29, 1.82) is 0 Å². The molecule has 0 spiro atoms. The Balaban J connectivity index is 0.00000841. The number of unbranched alkanes of at least 4 members (excludes halogenated alkanes) is 11. The molecule has 0 aliphatic heterocycles. The van der Waals surface area contributed by atoms with Gasteiger partial charge in [0.25, 0.3) is 0 Å². The molecule has 2 atom stereocenters. The first-order valence-corrected chi connectivity index (χ1v) is 12.2. The number of carbonyl (C=O) groups is 2. The van der Waals surface area contributed by atoms with E-state index >= 15 is 0 Å². The van der Waals surface area contributed by atoms with Gasteiger partial charge in [-0.25, -0.2) is 0 Å². The zero-order chi connectivity index (χ0) is 21.2. The molecule has 1 aliphatic rings. The van der Waals surface area contributed by atoms with E-state index < -0.39 is 17.8 Å². The number of carboxylic acids is 1. The van der Waals surface area contributed by atoms with Crippen LogP contribution in [0.3, 0.4) is 0 Å². The first kappa shape index (κ1) is 29.7. The molecule has 0 saturated heterocycles. The van der Waals surface area contributed by atoms with Crippen LogP contribution in [0.15, 0.2) is 12.2 Å². The van der Waals surface area contributed by atoms with Crippen LogP contribution in [0.4, 0.5) is 0 Å². The van der Waals surface area contributed by atoms with Gasteiger partial charge in [-0.05, 0) is 44.9 Å². The number of aliphatic carboxylic acids is 1. The van der Waals surface area contributed by atoms with Crippen molar-refractivity contribution in [2.24, 2.45) is 11.8 Å². The summed E-state index contributed by atoms with van der Waals surface area (Å²) in [5.41, 5.74) is 0. The minimum absolute atomic E-state index is 0. The molecular weight excluding hydrogens is 387 g/mol. The van der Waals surface area contributed by atoms with E-state index in [1.54, 1.807) is 0 Å². The van der Waals surface area contributed by atoms with Gasteiger partial charge in [-0.1, -0.05) is 83.3 Å². The van der Waals surface area contributed by atoms with Gasteiger partial charge < -0.3 is 14.6 Å². The largest absolute Gasteiger partial charge is 1.00 e. The Morgan fingerprint density at radius 2 is 1.30 bits per heavy atom. The molecule has 1 fully saturated rings. The number of carboxylic acid groups (broad SMARTS) is 1. The number of rotatable bonds is 17. The smallest absolute Gasteiger partial charge is 0.550 e. The van der Waals surface area contributed by atoms with Gasteiger partial charge in [0.15, 0.2) is 0 Å². The van der Waals surface area contributed by atoms with Crippen LogP contribution in [-0.4, -0.2) is 18.5 Å². The number of hydrogen-bond acceptors (Lipinski definition) is 4. The predicted molar refractivity (Wildman–Crippen MR) is 116 cm³/mol. The molecule has 2 unspecified atom stereocenters. The van der Waals surface area contributed by atoms with E-state index in [0.29, 0.717) is 19.4 Å². The fraction of sp³-hybridized carbons (Fsp3) is 0.840. The molecule has 30 heavy (non-hydrogen) atoms. The molecule has 4 nitrogen and oxygen atoms in total. The van der Waals surface area contributed by atoms with Crippen molar-refractivity contribution in [3.05, 3.63) is 12.2 Å². The molecular formula is C25H43NaO4. The molecule has 5 heteroatoms. The fourth-order valence-electron chi connectivity index (χ4n) is 4.15. The second-order valence-electron chi connectivity index (χ2n) is 8.57. The van der Waals surface area contributed by atoms with Gasteiger partial charge in [0, 0.05) is 11.9 Å². The van der Waals surface area contributed by atoms with Crippen LogP contribution >= 0.6 is 0 Å². The van der Waals surface area contributed by atoms with E-state index in [2.05, 4.69) is 19.1 Å². The molecule has 0 bridgehead atoms. The van der Waals surface area contributed by atoms with Gasteiger partial charge in [-0.15, -0.1) is 0 Å². The van der Waals surface area contributed by atoms with E-state index in [-0.39, 0.29) is 35.5 Å². The third kappa shape index (κ3) is 14.6. The summed E-state index contributed by atoms with van der Waals surface area (Å²) >= 11 is 0. The minimum atomic E-state index is -1.10. The maximum absolute atomic E-state index is 12.1. The maximum Gasteiger partial charge on any atom is 1.00 e. The van der Waals surface area contributed by atoms with Crippen LogP contribution in [0.25, 0.3) is 0 Å². The second kappa shape index (κ2) is 20.6. The van der Waals surface area contributed by atoms with Crippen LogP contribution in [0, 0.1) is 11.8 Å². The van der Waals surface area contributed by atoms with Crippen molar-refractivity contribution < 1.29 is 49.0 Å². The molecule has 0 N–H and O–H groups in total. The van der Waals surface area contributed by atoms with E-state index in [1.807, 2.05) is 0 Å². The van der Waals surface area contributed by atoms with Gasteiger partial charge >= 0.3 is 35.5 Å². The average Bonchev–Trinajstić information content (AvgIpc) is 2.73. The Morgan fingerprint density at radius 1 is 0.800 bits per heavy atom. The van der Waals surface area contributed by atoms with E-state index in [9.17, 15) is 14.7 Å². The van der Waals surface area contributed by atoms with E-state index in [0.717, 1.165) is 25.7 Å². The first-order chi connectivity index (χ1) is 14.2. The summed E-state index contributed by atoms with van der Waals surface area (Å²) < 4.78 is 5.34. The van der Waals surface area contributed by atoms with Crippen LogP contribution in [0.1, 0.15) is 116 Å². The zero-order valence-electron chi connectivity index (χ0n) is 19.7. The fourth-order valence-corrected chi connectivity index (χ4v) is 4.15. The molecule has 1 aliphatic carbocycles. The number of hydrogen-bond donors (Lipinski definition) is 0. The Hall–Kier alpha value is -0.320. The summed E-state index contributed by atoms with van der Waals surface area (Å²) in [5, 5.41) is 11.2. The van der Waals surface area contributed by atoms with Crippen molar-refractivity contribution in [2.45, 2.75) is 116 Å². The van der Waals surface area contributed by atoms with Gasteiger partial charge in [0.05, 0.1) is 12.5 Å². The Morgan fingerprint density at radius 3 is 1.87 bits per heavy atom. The number of ether oxygens (including phenoxy) is 1. The van der Waals surface area contributed by atoms with Crippen molar-refractivity contribution in [3.8, 4) is 0 Å².